The monoisotopic (exact) mass is 184 g/mol. The molecular formula is C11H8N2O. The Bertz CT molecular complexity index is 555. The normalized spacial score (nSPS) is 16.0. The molecule has 2 heterocycles. The highest BCUT2D eigenvalue weighted by atomic mass is 16.5. The SMILES string of the molecule is C1=CC=c2ccc3c(c2N=C1)OCN=3. The predicted octanol–water partition coefficient (Wildman–Crippen LogP) is 0.709. The molecule has 14 heavy (non-hydrogen) atoms. The minimum absolute atomic E-state index is 0.411. The average Bonchev–Trinajstić information content (AvgIpc) is 2.55. The maximum absolute atomic E-state index is 5.42. The highest BCUT2D eigenvalue weighted by Crippen LogP contribution is 2.21. The Hall–Kier alpha value is -1.90. The van der Waals surface area contributed by atoms with E-state index in [0.29, 0.717) is 6.73 Å². The van der Waals surface area contributed by atoms with Gasteiger partial charge >= 0.3 is 0 Å². The minimum atomic E-state index is 0.411. The highest BCUT2D eigenvalue weighted by Gasteiger charge is 2.11. The Morgan fingerprint density at radius 2 is 2.21 bits per heavy atom. The van der Waals surface area contributed by atoms with Crippen LogP contribution in [0.4, 0.5) is 5.69 Å². The Kier molecular flexibility index (Phi) is 1.50. The Morgan fingerprint density at radius 3 is 3.21 bits per heavy atom. The van der Waals surface area contributed by atoms with E-state index in [2.05, 4.69) is 9.98 Å². The second-order valence-corrected chi connectivity index (χ2v) is 3.11. The maximum Gasteiger partial charge on any atom is 0.180 e. The molecule has 0 saturated heterocycles. The molecule has 0 unspecified atom stereocenters. The van der Waals surface area contributed by atoms with Crippen LogP contribution >= 0.6 is 0 Å². The first kappa shape index (κ1) is 7.50. The van der Waals surface area contributed by atoms with E-state index in [1.54, 1.807) is 6.21 Å². The third kappa shape index (κ3) is 0.988. The van der Waals surface area contributed by atoms with Crippen molar-refractivity contribution in [1.29, 1.82) is 0 Å². The molecule has 0 spiro atoms. The van der Waals surface area contributed by atoms with Crippen LogP contribution < -0.4 is 15.3 Å². The lowest BCUT2D eigenvalue weighted by Crippen LogP contribution is -2.08. The molecule has 0 radical (unpaired) electrons. The summed E-state index contributed by atoms with van der Waals surface area (Å²) in [6.07, 6.45) is 7.65. The zero-order valence-corrected chi connectivity index (χ0v) is 7.47. The summed E-state index contributed by atoms with van der Waals surface area (Å²) >= 11 is 0. The fraction of sp³-hybridized carbons (Fsp3) is 0.0909. The molecule has 3 nitrogen and oxygen atoms in total. The summed E-state index contributed by atoms with van der Waals surface area (Å²) in [5.74, 6) is 0.804. The third-order valence-corrected chi connectivity index (χ3v) is 2.26. The van der Waals surface area contributed by atoms with E-state index in [1.807, 2.05) is 30.4 Å². The first-order valence-electron chi connectivity index (χ1n) is 4.46. The van der Waals surface area contributed by atoms with Crippen LogP contribution in [0.5, 0.6) is 5.75 Å². The number of allylic oxidation sites excluding steroid dienone is 2. The minimum Gasteiger partial charge on any atom is -0.467 e. The molecule has 0 saturated carbocycles. The van der Waals surface area contributed by atoms with Gasteiger partial charge in [0.2, 0.25) is 0 Å². The van der Waals surface area contributed by atoms with Crippen molar-refractivity contribution in [3.05, 3.63) is 34.9 Å². The van der Waals surface area contributed by atoms with Gasteiger partial charge in [-0.2, -0.15) is 0 Å². The summed E-state index contributed by atoms with van der Waals surface area (Å²) in [5, 5.41) is 1.97. The zero-order valence-electron chi connectivity index (χ0n) is 7.47. The molecule has 0 aliphatic carbocycles. The summed E-state index contributed by atoms with van der Waals surface area (Å²) in [6.45, 7) is 0.411. The topological polar surface area (TPSA) is 34.0 Å². The molecule has 0 aromatic heterocycles. The van der Waals surface area contributed by atoms with Gasteiger partial charge in [0.05, 0.1) is 0 Å². The van der Waals surface area contributed by atoms with Gasteiger partial charge in [0.1, 0.15) is 11.0 Å². The van der Waals surface area contributed by atoms with Gasteiger partial charge in [-0.25, -0.2) is 4.99 Å². The summed E-state index contributed by atoms with van der Waals surface area (Å²) in [5.41, 5.74) is 0.883. The summed E-state index contributed by atoms with van der Waals surface area (Å²) in [7, 11) is 0. The average molecular weight is 184 g/mol. The van der Waals surface area contributed by atoms with Gasteiger partial charge in [-0.15, -0.1) is 0 Å². The number of ether oxygens (including phenoxy) is 1. The molecule has 1 aromatic rings. The first-order chi connectivity index (χ1) is 6.95. The standard InChI is InChI=1S/C11H8N2O/c1-2-6-12-10-8(3-1)4-5-9-11(10)14-7-13-9/h1-6H,7H2. The second kappa shape index (κ2) is 2.80. The molecule has 1 aromatic carbocycles. The van der Waals surface area contributed by atoms with Crippen LogP contribution in [0, 0.1) is 0 Å². The first-order valence-corrected chi connectivity index (χ1v) is 4.46. The van der Waals surface area contributed by atoms with E-state index in [4.69, 9.17) is 4.74 Å². The zero-order chi connectivity index (χ0) is 9.38. The number of aliphatic imine (C=N–C) groups is 1. The Labute approximate surface area is 80.8 Å². The van der Waals surface area contributed by atoms with Crippen molar-refractivity contribution in [2.24, 2.45) is 9.98 Å². The quantitative estimate of drug-likeness (QED) is 0.584. The van der Waals surface area contributed by atoms with Crippen LogP contribution in [0.15, 0.2) is 34.3 Å². The summed E-state index contributed by atoms with van der Waals surface area (Å²) in [4.78, 5) is 8.54. The van der Waals surface area contributed by atoms with Crippen molar-refractivity contribution in [2.45, 2.75) is 0 Å². The molecule has 0 atom stereocenters. The van der Waals surface area contributed by atoms with Crippen LogP contribution in [0.2, 0.25) is 0 Å². The van der Waals surface area contributed by atoms with Gasteiger partial charge in [0.25, 0.3) is 0 Å². The van der Waals surface area contributed by atoms with Crippen LogP contribution in [-0.2, 0) is 0 Å². The fourth-order valence-corrected chi connectivity index (χ4v) is 1.60. The molecule has 0 bridgehead atoms. The van der Waals surface area contributed by atoms with Crippen LogP contribution in [0.3, 0.4) is 0 Å². The van der Waals surface area contributed by atoms with Crippen molar-refractivity contribution < 1.29 is 4.74 Å². The number of benzene rings is 1. The van der Waals surface area contributed by atoms with E-state index >= 15 is 0 Å². The van der Waals surface area contributed by atoms with Crippen LogP contribution in [0.25, 0.3) is 6.08 Å². The summed E-state index contributed by atoms with van der Waals surface area (Å²) in [6, 6.07) is 3.98. The number of hydrogen-bond acceptors (Lipinski definition) is 3. The van der Waals surface area contributed by atoms with E-state index in [0.717, 1.165) is 22.0 Å². The molecule has 2 aliphatic rings. The van der Waals surface area contributed by atoms with E-state index in [1.165, 1.54) is 0 Å². The molecular weight excluding hydrogens is 176 g/mol. The lowest BCUT2D eigenvalue weighted by molar-refractivity contribution is 0.353. The van der Waals surface area contributed by atoms with Gasteiger partial charge in [0.15, 0.2) is 12.5 Å². The smallest absolute Gasteiger partial charge is 0.180 e. The van der Waals surface area contributed by atoms with Crippen molar-refractivity contribution >= 4 is 18.0 Å². The fourth-order valence-electron chi connectivity index (χ4n) is 1.60. The Morgan fingerprint density at radius 1 is 1.21 bits per heavy atom. The van der Waals surface area contributed by atoms with Gasteiger partial charge in [-0.05, 0) is 12.1 Å². The van der Waals surface area contributed by atoms with Crippen molar-refractivity contribution in [3.63, 3.8) is 0 Å². The molecule has 0 amide bonds. The largest absolute Gasteiger partial charge is 0.467 e. The second-order valence-electron chi connectivity index (χ2n) is 3.11. The molecule has 2 aliphatic heterocycles. The highest BCUT2D eigenvalue weighted by molar-refractivity contribution is 5.80. The lowest BCUT2D eigenvalue weighted by Gasteiger charge is -2.00. The number of hydrogen-bond donors (Lipinski definition) is 0. The van der Waals surface area contributed by atoms with E-state index in [9.17, 15) is 0 Å². The predicted molar refractivity (Wildman–Crippen MR) is 54.5 cm³/mol. The van der Waals surface area contributed by atoms with Crippen molar-refractivity contribution in [3.8, 4) is 5.75 Å². The van der Waals surface area contributed by atoms with Gasteiger partial charge < -0.3 is 4.74 Å². The van der Waals surface area contributed by atoms with Gasteiger partial charge in [0, 0.05) is 11.4 Å². The van der Waals surface area contributed by atoms with E-state index < -0.39 is 0 Å². The Balaban J connectivity index is 2.42. The third-order valence-electron chi connectivity index (χ3n) is 2.26. The van der Waals surface area contributed by atoms with Crippen molar-refractivity contribution in [1.82, 2.24) is 0 Å². The van der Waals surface area contributed by atoms with Gasteiger partial charge in [-0.3, -0.25) is 4.99 Å². The summed E-state index contributed by atoms with van der Waals surface area (Å²) < 4.78 is 5.42. The van der Waals surface area contributed by atoms with Crippen LogP contribution in [0.1, 0.15) is 0 Å². The molecule has 68 valence electrons. The number of rotatable bonds is 0. The lowest BCUT2D eigenvalue weighted by atomic mass is 10.2. The van der Waals surface area contributed by atoms with Crippen molar-refractivity contribution in [2.75, 3.05) is 6.73 Å². The molecule has 3 heteroatoms. The number of nitrogens with zero attached hydrogens (tertiary/aromatic N) is 2. The molecule has 0 fully saturated rings. The maximum atomic E-state index is 5.42. The van der Waals surface area contributed by atoms with Gasteiger partial charge in [-0.1, -0.05) is 18.2 Å². The number of fused-ring (bicyclic) bond motifs is 3. The molecule has 3 rings (SSSR count). The van der Waals surface area contributed by atoms with E-state index in [-0.39, 0.29) is 0 Å². The van der Waals surface area contributed by atoms with Crippen LogP contribution in [-0.4, -0.2) is 12.9 Å². The molecule has 0 N–H and O–H groups in total.